The summed E-state index contributed by atoms with van der Waals surface area (Å²) in [5, 5.41) is 6.91. The number of benzene rings is 2. The number of nitrogens with zero attached hydrogens (tertiary/aromatic N) is 3. The van der Waals surface area contributed by atoms with Gasteiger partial charge in [-0.05, 0) is 55.2 Å². The number of hydrogen-bond acceptors (Lipinski definition) is 5. The zero-order valence-electron chi connectivity index (χ0n) is 20.3. The molecule has 0 spiro atoms. The van der Waals surface area contributed by atoms with Gasteiger partial charge in [-0.3, -0.25) is 9.59 Å². The Morgan fingerprint density at radius 1 is 1.14 bits per heavy atom. The van der Waals surface area contributed by atoms with Gasteiger partial charge in [-0.25, -0.2) is 13.9 Å². The van der Waals surface area contributed by atoms with Crippen molar-refractivity contribution in [2.45, 2.75) is 26.2 Å². The molecule has 0 saturated carbocycles. The molecule has 8 heteroatoms. The molecule has 0 saturated heterocycles. The molecule has 2 aromatic heterocycles. The summed E-state index contributed by atoms with van der Waals surface area (Å²) in [5.41, 5.74) is 9.80. The first kappa shape index (κ1) is 24.1. The van der Waals surface area contributed by atoms with Crippen LogP contribution < -0.4 is 11.1 Å². The molecule has 7 nitrogen and oxygen atoms in total. The van der Waals surface area contributed by atoms with Crippen molar-refractivity contribution >= 4 is 28.7 Å². The largest absolute Gasteiger partial charge is 0.382 e. The van der Waals surface area contributed by atoms with E-state index in [9.17, 15) is 9.59 Å². The summed E-state index contributed by atoms with van der Waals surface area (Å²) in [4.78, 5) is 30.0. The standard InChI is InChI=1S/C29H26FN5O2/c1-2-21-16-24(26-28(31)32-17-33-35(21)26)22-14-13-20(15-25(22)30)34-29(37)23-10-6-9-19(27(23)36)12-11-18-7-4-3-5-8-18/h3-10,13-17,19H,2,11-12H2,1H3,(H,34,37)(H2,31,32,33). The molecule has 5 rings (SSSR count). The fraction of sp³-hybridized carbons (Fsp3) is 0.172. The first-order valence-electron chi connectivity index (χ1n) is 12.1. The van der Waals surface area contributed by atoms with Gasteiger partial charge in [0.15, 0.2) is 11.6 Å². The molecule has 2 heterocycles. The van der Waals surface area contributed by atoms with Gasteiger partial charge in [0.2, 0.25) is 0 Å². The van der Waals surface area contributed by atoms with E-state index in [1.165, 1.54) is 18.5 Å². The van der Waals surface area contributed by atoms with Crippen molar-refractivity contribution in [2.24, 2.45) is 5.92 Å². The number of aromatic nitrogens is 3. The summed E-state index contributed by atoms with van der Waals surface area (Å²) in [5.74, 6) is -1.48. The molecule has 4 aromatic rings. The highest BCUT2D eigenvalue weighted by molar-refractivity contribution is 6.25. The maximum Gasteiger partial charge on any atom is 0.259 e. The highest BCUT2D eigenvalue weighted by Crippen LogP contribution is 2.33. The van der Waals surface area contributed by atoms with E-state index in [4.69, 9.17) is 5.73 Å². The quantitative estimate of drug-likeness (QED) is 0.354. The number of nitrogen functional groups attached to an aromatic ring is 1. The SMILES string of the molecule is CCc1cc(-c2ccc(NC(=O)C3=CC=CC(CCc4ccccc4)C3=O)cc2F)c2c(N)ncnn12. The van der Waals surface area contributed by atoms with E-state index in [0.717, 1.165) is 17.7 Å². The molecule has 1 aliphatic rings. The van der Waals surface area contributed by atoms with Crippen LogP contribution in [0.15, 0.2) is 84.7 Å². The predicted octanol–water partition coefficient (Wildman–Crippen LogP) is 4.93. The maximum atomic E-state index is 15.3. The van der Waals surface area contributed by atoms with Crippen LogP contribution in [0.25, 0.3) is 16.6 Å². The zero-order valence-corrected chi connectivity index (χ0v) is 20.3. The summed E-state index contributed by atoms with van der Waals surface area (Å²) < 4.78 is 16.9. The number of amides is 1. The van der Waals surface area contributed by atoms with Gasteiger partial charge in [0.1, 0.15) is 17.7 Å². The molecule has 0 fully saturated rings. The fourth-order valence-electron chi connectivity index (χ4n) is 4.64. The van der Waals surface area contributed by atoms with Crippen molar-refractivity contribution < 1.29 is 14.0 Å². The predicted molar refractivity (Wildman–Crippen MR) is 141 cm³/mol. The van der Waals surface area contributed by atoms with Crippen molar-refractivity contribution in [3.05, 3.63) is 102 Å². The normalized spacial score (nSPS) is 15.1. The number of nitrogens with two attached hydrogens (primary N) is 1. The fourth-order valence-corrected chi connectivity index (χ4v) is 4.64. The lowest BCUT2D eigenvalue weighted by molar-refractivity contribution is -0.121. The van der Waals surface area contributed by atoms with Crippen molar-refractivity contribution in [3.8, 4) is 11.1 Å². The number of Topliss-reactive ketones (excluding diaryl/α,β-unsaturated/α-hetero) is 1. The van der Waals surface area contributed by atoms with Crippen LogP contribution >= 0.6 is 0 Å². The topological polar surface area (TPSA) is 102 Å². The summed E-state index contributed by atoms with van der Waals surface area (Å²) in [6, 6.07) is 16.1. The second-order valence-corrected chi connectivity index (χ2v) is 8.92. The average Bonchev–Trinajstić information content (AvgIpc) is 3.28. The number of anilines is 2. The molecule has 186 valence electrons. The van der Waals surface area contributed by atoms with E-state index in [0.29, 0.717) is 29.5 Å². The Hall–Kier alpha value is -4.59. The Morgan fingerprint density at radius 3 is 2.70 bits per heavy atom. The van der Waals surface area contributed by atoms with Crippen LogP contribution in [-0.4, -0.2) is 26.3 Å². The smallest absolute Gasteiger partial charge is 0.259 e. The van der Waals surface area contributed by atoms with Gasteiger partial charge >= 0.3 is 0 Å². The van der Waals surface area contributed by atoms with E-state index in [1.807, 2.05) is 49.4 Å². The number of fused-ring (bicyclic) bond motifs is 1. The number of aryl methyl sites for hydroxylation is 2. The maximum absolute atomic E-state index is 15.3. The van der Waals surface area contributed by atoms with Gasteiger partial charge in [0.05, 0.1) is 5.57 Å². The summed E-state index contributed by atoms with van der Waals surface area (Å²) in [6.45, 7) is 1.97. The van der Waals surface area contributed by atoms with Gasteiger partial charge in [0.25, 0.3) is 5.91 Å². The number of rotatable bonds is 7. The number of carbonyl (C=O) groups is 2. The van der Waals surface area contributed by atoms with E-state index in [2.05, 4.69) is 15.4 Å². The van der Waals surface area contributed by atoms with Gasteiger partial charge in [0, 0.05) is 28.4 Å². The molecule has 37 heavy (non-hydrogen) atoms. The molecule has 1 aliphatic carbocycles. The minimum absolute atomic E-state index is 0.0565. The van der Waals surface area contributed by atoms with Gasteiger partial charge < -0.3 is 11.1 Å². The van der Waals surface area contributed by atoms with E-state index < -0.39 is 11.7 Å². The van der Waals surface area contributed by atoms with Crippen molar-refractivity contribution in [2.75, 3.05) is 11.1 Å². The Balaban J connectivity index is 1.32. The minimum atomic E-state index is -0.563. The monoisotopic (exact) mass is 495 g/mol. The molecular formula is C29H26FN5O2. The van der Waals surface area contributed by atoms with Crippen molar-refractivity contribution in [1.82, 2.24) is 14.6 Å². The molecule has 1 amide bonds. The highest BCUT2D eigenvalue weighted by atomic mass is 19.1. The van der Waals surface area contributed by atoms with Crippen LogP contribution in [-0.2, 0) is 22.4 Å². The number of hydrogen-bond donors (Lipinski definition) is 2. The Labute approximate surface area is 213 Å². The lowest BCUT2D eigenvalue weighted by Crippen LogP contribution is -2.27. The third kappa shape index (κ3) is 4.78. The number of nitrogens with one attached hydrogen (secondary N) is 1. The van der Waals surface area contributed by atoms with Gasteiger partial charge in [-0.2, -0.15) is 5.10 Å². The first-order chi connectivity index (χ1) is 18.0. The third-order valence-electron chi connectivity index (χ3n) is 6.58. The van der Waals surface area contributed by atoms with Crippen LogP contribution in [0.4, 0.5) is 15.9 Å². The summed E-state index contributed by atoms with van der Waals surface area (Å²) in [6.07, 6.45) is 8.42. The molecule has 0 bridgehead atoms. The lowest BCUT2D eigenvalue weighted by Gasteiger charge is -2.17. The Morgan fingerprint density at radius 2 is 1.95 bits per heavy atom. The van der Waals surface area contributed by atoms with Crippen LogP contribution in [0.5, 0.6) is 0 Å². The van der Waals surface area contributed by atoms with Crippen LogP contribution in [0.1, 0.15) is 24.6 Å². The number of ketones is 1. The van der Waals surface area contributed by atoms with E-state index in [1.54, 1.807) is 22.7 Å². The number of carbonyl (C=O) groups excluding carboxylic acids is 2. The first-order valence-corrected chi connectivity index (χ1v) is 12.1. The molecule has 2 aromatic carbocycles. The van der Waals surface area contributed by atoms with E-state index in [-0.39, 0.29) is 28.8 Å². The average molecular weight is 496 g/mol. The van der Waals surface area contributed by atoms with Crippen LogP contribution in [0, 0.1) is 11.7 Å². The Bertz CT molecular complexity index is 1560. The molecule has 1 atom stereocenters. The molecule has 1 unspecified atom stereocenters. The second kappa shape index (κ2) is 10.2. The van der Waals surface area contributed by atoms with Crippen molar-refractivity contribution in [1.29, 1.82) is 0 Å². The molecular weight excluding hydrogens is 469 g/mol. The number of halogens is 1. The van der Waals surface area contributed by atoms with Crippen LogP contribution in [0.2, 0.25) is 0 Å². The zero-order chi connectivity index (χ0) is 25.9. The van der Waals surface area contributed by atoms with Gasteiger partial charge in [-0.15, -0.1) is 0 Å². The second-order valence-electron chi connectivity index (χ2n) is 8.92. The minimum Gasteiger partial charge on any atom is -0.382 e. The molecule has 3 N–H and O–H groups in total. The number of allylic oxidation sites excluding steroid dienone is 3. The van der Waals surface area contributed by atoms with E-state index >= 15 is 4.39 Å². The third-order valence-corrected chi connectivity index (χ3v) is 6.58. The molecule has 0 aliphatic heterocycles. The highest BCUT2D eigenvalue weighted by Gasteiger charge is 2.27. The lowest BCUT2D eigenvalue weighted by atomic mass is 9.87. The molecule has 0 radical (unpaired) electrons. The van der Waals surface area contributed by atoms with Crippen LogP contribution in [0.3, 0.4) is 0 Å². The summed E-state index contributed by atoms with van der Waals surface area (Å²) >= 11 is 0. The van der Waals surface area contributed by atoms with Gasteiger partial charge in [-0.1, -0.05) is 49.4 Å². The summed E-state index contributed by atoms with van der Waals surface area (Å²) in [7, 11) is 0. The Kier molecular flexibility index (Phi) is 6.64. The van der Waals surface area contributed by atoms with Crippen molar-refractivity contribution in [3.63, 3.8) is 0 Å².